The van der Waals surface area contributed by atoms with Crippen LogP contribution in [0.1, 0.15) is 25.7 Å². The Bertz CT molecular complexity index is 174. The molecule has 0 unspecified atom stereocenters. The highest BCUT2D eigenvalue weighted by molar-refractivity contribution is 5.96. The molecule has 2 nitrogen and oxygen atoms in total. The minimum atomic E-state index is -0.142. The number of rotatable bonds is 3. The first-order chi connectivity index (χ1) is 5.33. The largest absolute Gasteiger partial charge is 0.306 e. The second-order valence-corrected chi connectivity index (χ2v) is 2.93. The van der Waals surface area contributed by atoms with Crippen molar-refractivity contribution in [3.63, 3.8) is 0 Å². The van der Waals surface area contributed by atoms with Gasteiger partial charge in [0.1, 0.15) is 0 Å². The van der Waals surface area contributed by atoms with E-state index in [-0.39, 0.29) is 5.78 Å². The average Bonchev–Trinajstić information content (AvgIpc) is 2.52. The van der Waals surface area contributed by atoms with Crippen LogP contribution in [0.15, 0.2) is 0 Å². The molecule has 0 atom stereocenters. The predicted octanol–water partition coefficient (Wildman–Crippen LogP) is 0.721. The zero-order valence-electron chi connectivity index (χ0n) is 6.60. The molecular weight excluding hydrogens is 138 g/mol. The monoisotopic (exact) mass is 151 g/mol. The number of carbonyl (C=O) groups is 1. The molecule has 0 amide bonds. The predicted molar refractivity (Wildman–Crippen MR) is 44.1 cm³/mol. The van der Waals surface area contributed by atoms with Gasteiger partial charge in [-0.3, -0.25) is 4.79 Å². The smallest absolute Gasteiger partial charge is 0.218 e. The van der Waals surface area contributed by atoms with Crippen molar-refractivity contribution in [2.45, 2.75) is 31.7 Å². The fourth-order valence-corrected chi connectivity index (χ4v) is 1.42. The molecule has 0 heterocycles. The maximum absolute atomic E-state index is 10.7. The van der Waals surface area contributed by atoms with Gasteiger partial charge in [-0.05, 0) is 18.8 Å². The van der Waals surface area contributed by atoms with E-state index in [0.29, 0.717) is 12.6 Å². The van der Waals surface area contributed by atoms with Crippen LogP contribution < -0.4 is 5.32 Å². The lowest BCUT2D eigenvalue weighted by Crippen LogP contribution is -2.30. The summed E-state index contributed by atoms with van der Waals surface area (Å²) >= 11 is 0. The molecule has 0 aromatic carbocycles. The third-order valence-electron chi connectivity index (χ3n) is 2.07. The second-order valence-electron chi connectivity index (χ2n) is 2.93. The summed E-state index contributed by atoms with van der Waals surface area (Å²) in [5, 5.41) is 3.14. The summed E-state index contributed by atoms with van der Waals surface area (Å²) in [6, 6.07) is 0.535. The maximum Gasteiger partial charge on any atom is 0.218 e. The van der Waals surface area contributed by atoms with E-state index in [9.17, 15) is 4.79 Å². The Morgan fingerprint density at radius 3 is 2.73 bits per heavy atom. The molecule has 0 saturated heterocycles. The highest BCUT2D eigenvalue weighted by Crippen LogP contribution is 2.17. The molecule has 1 aliphatic rings. The van der Waals surface area contributed by atoms with Crippen molar-refractivity contribution in [1.29, 1.82) is 0 Å². The van der Waals surface area contributed by atoms with Crippen LogP contribution in [-0.2, 0) is 4.79 Å². The van der Waals surface area contributed by atoms with Crippen molar-refractivity contribution in [2.24, 2.45) is 0 Å². The minimum absolute atomic E-state index is 0.142. The molecule has 0 aromatic heterocycles. The molecule has 1 aliphatic carbocycles. The van der Waals surface area contributed by atoms with Crippen molar-refractivity contribution in [1.82, 2.24) is 5.32 Å². The number of terminal acetylenes is 1. The van der Waals surface area contributed by atoms with Gasteiger partial charge < -0.3 is 5.32 Å². The Kier molecular flexibility index (Phi) is 3.13. The molecule has 0 aromatic rings. The summed E-state index contributed by atoms with van der Waals surface area (Å²) in [6.45, 7) is 0.348. The SMILES string of the molecule is C#CC(=O)CNC1CCCC1. The van der Waals surface area contributed by atoms with E-state index in [2.05, 4.69) is 11.2 Å². The summed E-state index contributed by atoms with van der Waals surface area (Å²) in [6.07, 6.45) is 9.86. The quantitative estimate of drug-likeness (QED) is 0.475. The van der Waals surface area contributed by atoms with Crippen LogP contribution in [0.4, 0.5) is 0 Å². The van der Waals surface area contributed by atoms with Crippen molar-refractivity contribution in [3.8, 4) is 12.3 Å². The van der Waals surface area contributed by atoms with Gasteiger partial charge in [0.15, 0.2) is 0 Å². The lowest BCUT2D eigenvalue weighted by Gasteiger charge is -2.08. The van der Waals surface area contributed by atoms with E-state index in [4.69, 9.17) is 6.42 Å². The van der Waals surface area contributed by atoms with E-state index >= 15 is 0 Å². The fraction of sp³-hybridized carbons (Fsp3) is 0.667. The van der Waals surface area contributed by atoms with Crippen LogP contribution in [0.3, 0.4) is 0 Å². The number of hydrogen-bond donors (Lipinski definition) is 1. The Hall–Kier alpha value is -0.810. The number of Topliss-reactive ketones (excluding diaryl/α,β-unsaturated/α-hetero) is 1. The van der Waals surface area contributed by atoms with Crippen LogP contribution in [0.2, 0.25) is 0 Å². The first-order valence-corrected chi connectivity index (χ1v) is 4.06. The first-order valence-electron chi connectivity index (χ1n) is 4.06. The van der Waals surface area contributed by atoms with Gasteiger partial charge in [-0.2, -0.15) is 0 Å². The van der Waals surface area contributed by atoms with Crippen LogP contribution in [0.25, 0.3) is 0 Å². The lowest BCUT2D eigenvalue weighted by molar-refractivity contribution is -0.113. The average molecular weight is 151 g/mol. The fourth-order valence-electron chi connectivity index (χ4n) is 1.42. The van der Waals surface area contributed by atoms with Crippen molar-refractivity contribution < 1.29 is 4.79 Å². The molecular formula is C9H13NO. The summed E-state index contributed by atoms with van der Waals surface area (Å²) in [7, 11) is 0. The van der Waals surface area contributed by atoms with Gasteiger partial charge in [0, 0.05) is 6.04 Å². The van der Waals surface area contributed by atoms with Gasteiger partial charge in [0.05, 0.1) is 6.54 Å². The van der Waals surface area contributed by atoms with Gasteiger partial charge in [-0.1, -0.05) is 12.8 Å². The molecule has 1 rings (SSSR count). The molecule has 0 aliphatic heterocycles. The molecule has 1 N–H and O–H groups in total. The maximum atomic E-state index is 10.7. The van der Waals surface area contributed by atoms with E-state index in [0.717, 1.165) is 0 Å². The molecule has 0 radical (unpaired) electrons. The molecule has 0 spiro atoms. The second kappa shape index (κ2) is 4.15. The van der Waals surface area contributed by atoms with Crippen molar-refractivity contribution in [2.75, 3.05) is 6.54 Å². The lowest BCUT2D eigenvalue weighted by atomic mass is 10.2. The van der Waals surface area contributed by atoms with Crippen LogP contribution in [0, 0.1) is 12.3 Å². The summed E-state index contributed by atoms with van der Waals surface area (Å²) in [5.74, 6) is 1.95. The number of ketones is 1. The minimum Gasteiger partial charge on any atom is -0.306 e. The third-order valence-corrected chi connectivity index (χ3v) is 2.07. The van der Waals surface area contributed by atoms with Gasteiger partial charge >= 0.3 is 0 Å². The summed E-state index contributed by atoms with van der Waals surface area (Å²) < 4.78 is 0. The molecule has 1 fully saturated rings. The topological polar surface area (TPSA) is 29.1 Å². The third kappa shape index (κ3) is 2.73. The van der Waals surface area contributed by atoms with Crippen LogP contribution in [0.5, 0.6) is 0 Å². The highest BCUT2D eigenvalue weighted by atomic mass is 16.1. The van der Waals surface area contributed by atoms with Gasteiger partial charge in [-0.25, -0.2) is 0 Å². The normalized spacial score (nSPS) is 18.1. The standard InChI is InChI=1S/C9H13NO/c1-2-9(11)7-10-8-5-3-4-6-8/h1,8,10H,3-7H2. The van der Waals surface area contributed by atoms with Gasteiger partial charge in [-0.15, -0.1) is 6.42 Å². The molecule has 1 saturated carbocycles. The van der Waals surface area contributed by atoms with E-state index in [1.807, 2.05) is 0 Å². The summed E-state index contributed by atoms with van der Waals surface area (Å²) in [4.78, 5) is 10.7. The van der Waals surface area contributed by atoms with Crippen LogP contribution >= 0.6 is 0 Å². The Morgan fingerprint density at radius 2 is 2.18 bits per heavy atom. The number of nitrogens with one attached hydrogen (secondary N) is 1. The van der Waals surface area contributed by atoms with Crippen molar-refractivity contribution >= 4 is 5.78 Å². The number of carbonyl (C=O) groups excluding carboxylic acids is 1. The highest BCUT2D eigenvalue weighted by Gasteiger charge is 2.14. The molecule has 60 valence electrons. The van der Waals surface area contributed by atoms with Crippen molar-refractivity contribution in [3.05, 3.63) is 0 Å². The molecule has 2 heteroatoms. The zero-order valence-corrected chi connectivity index (χ0v) is 6.60. The van der Waals surface area contributed by atoms with Gasteiger partial charge in [0.2, 0.25) is 5.78 Å². The van der Waals surface area contributed by atoms with E-state index < -0.39 is 0 Å². The van der Waals surface area contributed by atoms with Crippen LogP contribution in [-0.4, -0.2) is 18.4 Å². The van der Waals surface area contributed by atoms with Gasteiger partial charge in [0.25, 0.3) is 0 Å². The molecule has 11 heavy (non-hydrogen) atoms. The zero-order chi connectivity index (χ0) is 8.10. The Morgan fingerprint density at radius 1 is 1.55 bits per heavy atom. The first kappa shape index (κ1) is 8.29. The Balaban J connectivity index is 2.12. The Labute approximate surface area is 67.4 Å². The van der Waals surface area contributed by atoms with E-state index in [1.54, 1.807) is 0 Å². The van der Waals surface area contributed by atoms with E-state index in [1.165, 1.54) is 25.7 Å². The summed E-state index contributed by atoms with van der Waals surface area (Å²) in [5.41, 5.74) is 0. The molecule has 0 bridgehead atoms. The number of hydrogen-bond acceptors (Lipinski definition) is 2.